The summed E-state index contributed by atoms with van der Waals surface area (Å²) in [6, 6.07) is 4.02. The molecule has 0 saturated carbocycles. The number of hydrogen-bond donors (Lipinski definition) is 1. The van der Waals surface area contributed by atoms with Gasteiger partial charge in [0.15, 0.2) is 0 Å². The van der Waals surface area contributed by atoms with Gasteiger partial charge in [0.05, 0.1) is 0 Å². The van der Waals surface area contributed by atoms with E-state index in [1.165, 1.54) is 5.56 Å². The molecule has 0 atom stereocenters. The van der Waals surface area contributed by atoms with Crippen LogP contribution in [0.1, 0.15) is 18.4 Å². The van der Waals surface area contributed by atoms with Crippen LogP contribution < -0.4 is 0 Å². The van der Waals surface area contributed by atoms with E-state index in [9.17, 15) is 0 Å². The van der Waals surface area contributed by atoms with E-state index in [-0.39, 0.29) is 12.4 Å². The fourth-order valence-corrected chi connectivity index (χ4v) is 0.990. The molecule has 0 aliphatic carbocycles. The molecule has 0 aliphatic rings. The van der Waals surface area contributed by atoms with Crippen molar-refractivity contribution in [1.82, 2.24) is 4.98 Å². The molecule has 1 rings (SSSR count). The third-order valence-corrected chi connectivity index (χ3v) is 1.62. The Morgan fingerprint density at radius 2 is 1.83 bits per heavy atom. The summed E-state index contributed by atoms with van der Waals surface area (Å²) in [7, 11) is 0. The zero-order valence-electron chi connectivity index (χ0n) is 6.94. The molecule has 1 heterocycles. The predicted octanol–water partition coefficient (Wildman–Crippen LogP) is 1.82. The minimum Gasteiger partial charge on any atom is -0.396 e. The number of nitrogens with zero attached hydrogens (tertiary/aromatic N) is 1. The number of aromatic nitrogens is 1. The zero-order chi connectivity index (χ0) is 7.94. The molecule has 1 aromatic rings. The number of aliphatic hydroxyl groups excluding tert-OH is 1. The smallest absolute Gasteiger partial charge is 0.0431 e. The van der Waals surface area contributed by atoms with Gasteiger partial charge in [0.2, 0.25) is 0 Å². The van der Waals surface area contributed by atoms with Crippen LogP contribution in [0, 0.1) is 0 Å². The van der Waals surface area contributed by atoms with Crippen LogP contribution in [0.25, 0.3) is 0 Å². The molecule has 0 saturated heterocycles. The quantitative estimate of drug-likeness (QED) is 0.730. The summed E-state index contributed by atoms with van der Waals surface area (Å²) in [4.78, 5) is 3.92. The van der Waals surface area contributed by atoms with E-state index in [1.54, 1.807) is 12.4 Å². The Hall–Kier alpha value is -0.600. The van der Waals surface area contributed by atoms with Crippen LogP contribution in [0.2, 0.25) is 0 Å². The van der Waals surface area contributed by atoms with Crippen LogP contribution in [0.5, 0.6) is 0 Å². The molecule has 2 nitrogen and oxygen atoms in total. The lowest BCUT2D eigenvalue weighted by atomic mass is 10.1. The van der Waals surface area contributed by atoms with E-state index in [4.69, 9.17) is 5.11 Å². The lowest BCUT2D eigenvalue weighted by Gasteiger charge is -1.97. The van der Waals surface area contributed by atoms with Crippen molar-refractivity contribution in [2.75, 3.05) is 6.61 Å². The molecule has 0 radical (unpaired) electrons. The highest BCUT2D eigenvalue weighted by molar-refractivity contribution is 5.85. The first-order chi connectivity index (χ1) is 5.43. The van der Waals surface area contributed by atoms with Gasteiger partial charge in [-0.25, -0.2) is 0 Å². The fourth-order valence-electron chi connectivity index (χ4n) is 0.990. The number of unbranched alkanes of at least 4 members (excludes halogenated alkanes) is 1. The van der Waals surface area contributed by atoms with Crippen LogP contribution in [0.3, 0.4) is 0 Å². The molecular formula is C9H14ClNO. The van der Waals surface area contributed by atoms with Crippen LogP contribution >= 0.6 is 12.4 Å². The highest BCUT2D eigenvalue weighted by Crippen LogP contribution is 2.01. The van der Waals surface area contributed by atoms with Gasteiger partial charge in [-0.1, -0.05) is 0 Å². The summed E-state index contributed by atoms with van der Waals surface area (Å²) >= 11 is 0. The number of pyridine rings is 1. The summed E-state index contributed by atoms with van der Waals surface area (Å²) < 4.78 is 0. The standard InChI is InChI=1S/C9H13NO.ClH/c11-8-2-1-3-9-4-6-10-7-5-9;/h4-7,11H,1-3,8H2;1H. The van der Waals surface area contributed by atoms with E-state index in [0.29, 0.717) is 6.61 Å². The molecule has 12 heavy (non-hydrogen) atoms. The maximum absolute atomic E-state index is 8.53. The van der Waals surface area contributed by atoms with Crippen molar-refractivity contribution in [3.8, 4) is 0 Å². The SMILES string of the molecule is Cl.OCCCCc1ccncc1. The molecule has 0 fully saturated rings. The van der Waals surface area contributed by atoms with Crippen molar-refractivity contribution in [3.05, 3.63) is 30.1 Å². The van der Waals surface area contributed by atoms with Gasteiger partial charge < -0.3 is 5.11 Å². The van der Waals surface area contributed by atoms with Gasteiger partial charge in [-0.3, -0.25) is 4.98 Å². The molecule has 3 heteroatoms. The molecular weight excluding hydrogens is 174 g/mol. The normalized spacial score (nSPS) is 9.08. The van der Waals surface area contributed by atoms with Gasteiger partial charge in [-0.05, 0) is 37.0 Å². The van der Waals surface area contributed by atoms with Crippen molar-refractivity contribution in [2.45, 2.75) is 19.3 Å². The Labute approximate surface area is 79.1 Å². The van der Waals surface area contributed by atoms with Gasteiger partial charge in [-0.15, -0.1) is 12.4 Å². The second-order valence-electron chi connectivity index (χ2n) is 2.54. The topological polar surface area (TPSA) is 33.1 Å². The minimum atomic E-state index is 0. The maximum Gasteiger partial charge on any atom is 0.0431 e. The zero-order valence-corrected chi connectivity index (χ0v) is 7.76. The molecule has 0 bridgehead atoms. The number of halogens is 1. The molecule has 0 spiro atoms. The Kier molecular flexibility index (Phi) is 6.72. The van der Waals surface area contributed by atoms with Gasteiger partial charge in [0, 0.05) is 19.0 Å². The molecule has 0 amide bonds. The lowest BCUT2D eigenvalue weighted by Crippen LogP contribution is -1.88. The van der Waals surface area contributed by atoms with Crippen LogP contribution in [-0.2, 0) is 6.42 Å². The van der Waals surface area contributed by atoms with Crippen LogP contribution in [0.15, 0.2) is 24.5 Å². The summed E-state index contributed by atoms with van der Waals surface area (Å²) in [6.45, 7) is 0.297. The highest BCUT2D eigenvalue weighted by atomic mass is 35.5. The summed E-state index contributed by atoms with van der Waals surface area (Å²) in [5, 5.41) is 8.53. The Morgan fingerprint density at radius 3 is 2.42 bits per heavy atom. The second kappa shape index (κ2) is 7.07. The third kappa shape index (κ3) is 4.31. The first-order valence-electron chi connectivity index (χ1n) is 3.93. The van der Waals surface area contributed by atoms with Crippen molar-refractivity contribution >= 4 is 12.4 Å². The number of aliphatic hydroxyl groups is 1. The minimum absolute atomic E-state index is 0. The number of hydrogen-bond acceptors (Lipinski definition) is 2. The van der Waals surface area contributed by atoms with Crippen LogP contribution in [-0.4, -0.2) is 16.7 Å². The molecule has 68 valence electrons. The van der Waals surface area contributed by atoms with E-state index in [0.717, 1.165) is 19.3 Å². The lowest BCUT2D eigenvalue weighted by molar-refractivity contribution is 0.284. The van der Waals surface area contributed by atoms with E-state index in [2.05, 4.69) is 4.98 Å². The molecule has 1 N–H and O–H groups in total. The average molecular weight is 188 g/mol. The maximum atomic E-state index is 8.53. The predicted molar refractivity (Wildman–Crippen MR) is 51.5 cm³/mol. The van der Waals surface area contributed by atoms with E-state index >= 15 is 0 Å². The first kappa shape index (κ1) is 11.4. The monoisotopic (exact) mass is 187 g/mol. The summed E-state index contributed by atoms with van der Waals surface area (Å²) in [5.41, 5.74) is 1.30. The second-order valence-corrected chi connectivity index (χ2v) is 2.54. The van der Waals surface area contributed by atoms with Gasteiger partial charge >= 0.3 is 0 Å². The number of rotatable bonds is 4. The van der Waals surface area contributed by atoms with Crippen molar-refractivity contribution in [3.63, 3.8) is 0 Å². The Balaban J connectivity index is 0.00000121. The molecule has 0 aliphatic heterocycles. The van der Waals surface area contributed by atoms with Crippen LogP contribution in [0.4, 0.5) is 0 Å². The summed E-state index contributed by atoms with van der Waals surface area (Å²) in [6.07, 6.45) is 6.59. The molecule has 1 aromatic heterocycles. The van der Waals surface area contributed by atoms with Crippen molar-refractivity contribution in [1.29, 1.82) is 0 Å². The average Bonchev–Trinajstić information content (AvgIpc) is 2.07. The van der Waals surface area contributed by atoms with Crippen molar-refractivity contribution in [2.24, 2.45) is 0 Å². The molecule has 0 aromatic carbocycles. The largest absolute Gasteiger partial charge is 0.396 e. The van der Waals surface area contributed by atoms with Gasteiger partial charge in [-0.2, -0.15) is 0 Å². The fraction of sp³-hybridized carbons (Fsp3) is 0.444. The Morgan fingerprint density at radius 1 is 1.17 bits per heavy atom. The Bertz CT molecular complexity index is 191. The van der Waals surface area contributed by atoms with E-state index < -0.39 is 0 Å². The number of aryl methyl sites for hydroxylation is 1. The molecule has 0 unspecified atom stereocenters. The van der Waals surface area contributed by atoms with Crippen molar-refractivity contribution < 1.29 is 5.11 Å². The van der Waals surface area contributed by atoms with E-state index in [1.807, 2.05) is 12.1 Å². The van der Waals surface area contributed by atoms with Gasteiger partial charge in [0.1, 0.15) is 0 Å². The highest BCUT2D eigenvalue weighted by Gasteiger charge is 1.90. The van der Waals surface area contributed by atoms with Gasteiger partial charge in [0.25, 0.3) is 0 Å². The third-order valence-electron chi connectivity index (χ3n) is 1.62. The summed E-state index contributed by atoms with van der Waals surface area (Å²) in [5.74, 6) is 0. The first-order valence-corrected chi connectivity index (χ1v) is 3.93.